The second-order valence-corrected chi connectivity index (χ2v) is 6.04. The van der Waals surface area contributed by atoms with Gasteiger partial charge in [-0.3, -0.25) is 0 Å². The lowest BCUT2D eigenvalue weighted by Crippen LogP contribution is -2.38. The van der Waals surface area contributed by atoms with Crippen LogP contribution < -0.4 is 0 Å². The van der Waals surface area contributed by atoms with Crippen molar-refractivity contribution in [3.8, 4) is 0 Å². The van der Waals surface area contributed by atoms with Crippen LogP contribution in [0.1, 0.15) is 19.4 Å². The SMILES string of the molecule is COC(=O)C(C)(C)OC1=NS(=O)(=O)c2ccccc21. The molecule has 7 heteroatoms. The minimum atomic E-state index is -3.75. The Labute approximate surface area is 111 Å². The van der Waals surface area contributed by atoms with Gasteiger partial charge in [0.2, 0.25) is 11.5 Å². The lowest BCUT2D eigenvalue weighted by atomic mass is 10.1. The highest BCUT2D eigenvalue weighted by Gasteiger charge is 2.37. The summed E-state index contributed by atoms with van der Waals surface area (Å²) >= 11 is 0. The molecule has 19 heavy (non-hydrogen) atoms. The standard InChI is InChI=1S/C12H13NO5S/c1-12(2,11(14)17-3)18-10-8-6-4-5-7-9(8)19(15,16)13-10/h4-7H,1-3H3. The largest absolute Gasteiger partial charge is 0.466 e. The van der Waals surface area contributed by atoms with Crippen LogP contribution in [0, 0.1) is 0 Å². The molecule has 1 aromatic rings. The van der Waals surface area contributed by atoms with Gasteiger partial charge in [-0.05, 0) is 26.0 Å². The van der Waals surface area contributed by atoms with Crippen molar-refractivity contribution in [2.45, 2.75) is 24.3 Å². The molecule has 0 amide bonds. The number of benzene rings is 1. The van der Waals surface area contributed by atoms with Crippen LogP contribution in [-0.4, -0.2) is 33.0 Å². The van der Waals surface area contributed by atoms with Crippen molar-refractivity contribution in [2.75, 3.05) is 7.11 Å². The lowest BCUT2D eigenvalue weighted by molar-refractivity contribution is -0.157. The van der Waals surface area contributed by atoms with E-state index in [1.165, 1.54) is 27.0 Å². The molecule has 1 aliphatic rings. The average molecular weight is 283 g/mol. The summed E-state index contributed by atoms with van der Waals surface area (Å²) in [4.78, 5) is 11.6. The number of nitrogens with zero attached hydrogens (tertiary/aromatic N) is 1. The van der Waals surface area contributed by atoms with Crippen molar-refractivity contribution in [3.05, 3.63) is 29.8 Å². The lowest BCUT2D eigenvalue weighted by Gasteiger charge is -2.22. The van der Waals surface area contributed by atoms with Crippen molar-refractivity contribution in [3.63, 3.8) is 0 Å². The fraction of sp³-hybridized carbons (Fsp3) is 0.333. The fourth-order valence-corrected chi connectivity index (χ4v) is 2.81. The quantitative estimate of drug-likeness (QED) is 0.759. The summed E-state index contributed by atoms with van der Waals surface area (Å²) in [5.41, 5.74) is -0.972. The van der Waals surface area contributed by atoms with Crippen LogP contribution in [0.15, 0.2) is 33.6 Å². The number of ether oxygens (including phenoxy) is 2. The Balaban J connectivity index is 2.42. The van der Waals surface area contributed by atoms with E-state index in [1.807, 2.05) is 0 Å². The van der Waals surface area contributed by atoms with Gasteiger partial charge < -0.3 is 9.47 Å². The Morgan fingerprint density at radius 2 is 1.89 bits per heavy atom. The van der Waals surface area contributed by atoms with Gasteiger partial charge in [0.05, 0.1) is 12.7 Å². The van der Waals surface area contributed by atoms with E-state index in [-0.39, 0.29) is 10.8 Å². The zero-order valence-electron chi connectivity index (χ0n) is 10.7. The zero-order valence-corrected chi connectivity index (χ0v) is 11.5. The summed E-state index contributed by atoms with van der Waals surface area (Å²) in [6.45, 7) is 2.96. The van der Waals surface area contributed by atoms with E-state index in [2.05, 4.69) is 9.13 Å². The highest BCUT2D eigenvalue weighted by atomic mass is 32.2. The van der Waals surface area contributed by atoms with Crippen molar-refractivity contribution in [2.24, 2.45) is 4.40 Å². The van der Waals surface area contributed by atoms with Crippen molar-refractivity contribution in [1.29, 1.82) is 0 Å². The molecule has 1 heterocycles. The van der Waals surface area contributed by atoms with E-state index in [4.69, 9.17) is 4.74 Å². The smallest absolute Gasteiger partial charge is 0.349 e. The van der Waals surface area contributed by atoms with E-state index >= 15 is 0 Å². The maximum Gasteiger partial charge on any atom is 0.349 e. The Morgan fingerprint density at radius 3 is 2.53 bits per heavy atom. The van der Waals surface area contributed by atoms with Crippen molar-refractivity contribution in [1.82, 2.24) is 0 Å². The van der Waals surface area contributed by atoms with E-state index in [0.717, 1.165) is 0 Å². The molecule has 0 fully saturated rings. The fourth-order valence-electron chi connectivity index (χ4n) is 1.68. The third kappa shape index (κ3) is 2.33. The normalized spacial score (nSPS) is 16.5. The second-order valence-electron chi connectivity index (χ2n) is 4.47. The first-order valence-corrected chi connectivity index (χ1v) is 6.94. The van der Waals surface area contributed by atoms with Crippen LogP contribution >= 0.6 is 0 Å². The number of hydrogen-bond acceptors (Lipinski definition) is 5. The third-order valence-corrected chi connectivity index (χ3v) is 3.95. The Bertz CT molecular complexity index is 660. The van der Waals surface area contributed by atoms with Crippen LogP contribution in [-0.2, 0) is 24.3 Å². The van der Waals surface area contributed by atoms with Crippen LogP contribution in [0.3, 0.4) is 0 Å². The monoisotopic (exact) mass is 283 g/mol. The third-order valence-electron chi connectivity index (χ3n) is 2.63. The molecule has 0 N–H and O–H groups in total. The number of hydrogen-bond donors (Lipinski definition) is 0. The summed E-state index contributed by atoms with van der Waals surface area (Å²) < 4.78 is 37.2. The minimum absolute atomic E-state index is 0.0747. The van der Waals surface area contributed by atoms with E-state index in [9.17, 15) is 13.2 Å². The van der Waals surface area contributed by atoms with Gasteiger partial charge in [0, 0.05) is 0 Å². The van der Waals surface area contributed by atoms with Gasteiger partial charge in [0.15, 0.2) is 0 Å². The Morgan fingerprint density at radius 1 is 1.26 bits per heavy atom. The van der Waals surface area contributed by atoms with Gasteiger partial charge in [-0.15, -0.1) is 4.40 Å². The van der Waals surface area contributed by atoms with E-state index < -0.39 is 21.6 Å². The summed E-state index contributed by atoms with van der Waals surface area (Å²) in [7, 11) is -2.52. The molecule has 0 radical (unpaired) electrons. The number of esters is 1. The van der Waals surface area contributed by atoms with Gasteiger partial charge >= 0.3 is 5.97 Å². The summed E-state index contributed by atoms with van der Waals surface area (Å²) in [5.74, 6) is -0.706. The molecule has 0 atom stereocenters. The predicted molar refractivity (Wildman–Crippen MR) is 67.3 cm³/mol. The van der Waals surface area contributed by atoms with E-state index in [0.29, 0.717) is 5.56 Å². The molecule has 2 rings (SSSR count). The molecule has 0 saturated heterocycles. The molecule has 0 aromatic heterocycles. The number of carbonyl (C=O) groups excluding carboxylic acids is 1. The molecule has 1 aromatic carbocycles. The Hall–Kier alpha value is -1.89. The maximum absolute atomic E-state index is 11.8. The van der Waals surface area contributed by atoms with Gasteiger partial charge in [-0.1, -0.05) is 12.1 Å². The predicted octanol–water partition coefficient (Wildman–Crippen LogP) is 1.10. The summed E-state index contributed by atoms with van der Waals surface area (Å²) in [6.07, 6.45) is 0. The van der Waals surface area contributed by atoms with Crippen molar-refractivity contribution >= 4 is 21.9 Å². The number of fused-ring (bicyclic) bond motifs is 1. The molecule has 0 bridgehead atoms. The average Bonchev–Trinajstić information content (AvgIpc) is 2.60. The Kier molecular flexibility index (Phi) is 3.09. The number of rotatable bonds is 2. The number of carbonyl (C=O) groups is 1. The van der Waals surface area contributed by atoms with Crippen LogP contribution in [0.5, 0.6) is 0 Å². The topological polar surface area (TPSA) is 82.0 Å². The molecule has 6 nitrogen and oxygen atoms in total. The number of sulfonamides is 1. The summed E-state index contributed by atoms with van der Waals surface area (Å²) in [6, 6.07) is 6.28. The zero-order chi connectivity index (χ0) is 14.3. The molecule has 0 unspecified atom stereocenters. The van der Waals surface area contributed by atoms with Gasteiger partial charge in [-0.2, -0.15) is 8.42 Å². The molecule has 102 valence electrons. The molecule has 0 saturated carbocycles. The highest BCUT2D eigenvalue weighted by Crippen LogP contribution is 2.28. The number of methoxy groups -OCH3 is 1. The van der Waals surface area contributed by atoms with Crippen LogP contribution in [0.25, 0.3) is 0 Å². The van der Waals surface area contributed by atoms with Gasteiger partial charge in [-0.25, -0.2) is 4.79 Å². The summed E-state index contributed by atoms with van der Waals surface area (Å²) in [5, 5.41) is 0. The van der Waals surface area contributed by atoms with E-state index in [1.54, 1.807) is 18.2 Å². The van der Waals surface area contributed by atoms with Gasteiger partial charge in [0.1, 0.15) is 4.90 Å². The van der Waals surface area contributed by atoms with Crippen LogP contribution in [0.2, 0.25) is 0 Å². The van der Waals surface area contributed by atoms with Gasteiger partial charge in [0.25, 0.3) is 10.0 Å². The molecule has 0 spiro atoms. The second kappa shape index (κ2) is 4.34. The first-order valence-electron chi connectivity index (χ1n) is 5.50. The first-order chi connectivity index (χ1) is 8.78. The van der Waals surface area contributed by atoms with Crippen molar-refractivity contribution < 1.29 is 22.7 Å². The molecule has 1 aliphatic heterocycles. The molecular formula is C12H13NO5S. The highest BCUT2D eigenvalue weighted by molar-refractivity contribution is 7.90. The molecular weight excluding hydrogens is 270 g/mol. The maximum atomic E-state index is 11.8. The van der Waals surface area contributed by atoms with Crippen LogP contribution in [0.4, 0.5) is 0 Å². The minimum Gasteiger partial charge on any atom is -0.466 e. The first kappa shape index (κ1) is 13.5. The molecule has 0 aliphatic carbocycles.